The number of nitrogens with one attached hydrogen (secondary N) is 1. The predicted molar refractivity (Wildman–Crippen MR) is 125 cm³/mol. The normalized spacial score (nSPS) is 24.5. The Bertz CT molecular complexity index is 779. The molecule has 2 N–H and O–H groups in total. The number of rotatable bonds is 10. The van der Waals surface area contributed by atoms with Crippen LogP contribution in [0.25, 0.3) is 0 Å². The second kappa shape index (κ2) is 12.0. The van der Waals surface area contributed by atoms with Gasteiger partial charge in [-0.3, -0.25) is 4.79 Å². The molecule has 1 aliphatic heterocycles. The number of likely N-dealkylation sites (N-methyl/N-ethyl adjacent to an activating group) is 1. The number of likely N-dealkylation sites (tertiary alicyclic amines) is 1. The van der Waals surface area contributed by atoms with Gasteiger partial charge in [0.2, 0.25) is 5.91 Å². The minimum atomic E-state index is -1.07. The van der Waals surface area contributed by atoms with Gasteiger partial charge in [-0.1, -0.05) is 0 Å². The molecule has 11 heteroatoms. The second-order valence-corrected chi connectivity index (χ2v) is 16.5. The zero-order valence-corrected chi connectivity index (χ0v) is 25.1. The molecule has 0 aromatic rings. The van der Waals surface area contributed by atoms with E-state index in [4.69, 9.17) is 5.11 Å². The summed E-state index contributed by atoms with van der Waals surface area (Å²) in [6.07, 6.45) is 3.43. The van der Waals surface area contributed by atoms with Crippen molar-refractivity contribution in [2.24, 2.45) is 11.8 Å². The molecule has 2 aliphatic rings. The third-order valence-corrected chi connectivity index (χ3v) is 8.04. The van der Waals surface area contributed by atoms with Crippen molar-refractivity contribution in [3.8, 4) is 0 Å². The SMILES string of the molecule is C[C@@H](C(=O)O)N(C)C(=O)CCSC1CC(=O)N(CC2CCC(C(=O)N[C](C)(C)[Tl])CC2)C1=O. The maximum absolute atomic E-state index is 12.8. The van der Waals surface area contributed by atoms with Gasteiger partial charge in [-0.05, 0) is 6.92 Å². The van der Waals surface area contributed by atoms with Gasteiger partial charge in [-0.15, -0.1) is 0 Å². The van der Waals surface area contributed by atoms with E-state index in [0.717, 1.165) is 25.7 Å². The average Bonchev–Trinajstić information content (AvgIpc) is 2.99. The summed E-state index contributed by atoms with van der Waals surface area (Å²) in [6, 6.07) is -0.912. The van der Waals surface area contributed by atoms with E-state index < -0.39 is 17.3 Å². The van der Waals surface area contributed by atoms with E-state index in [1.807, 2.05) is 13.8 Å². The van der Waals surface area contributed by atoms with Gasteiger partial charge in [0.15, 0.2) is 0 Å². The Morgan fingerprint density at radius 3 is 2.39 bits per heavy atom. The molecule has 2 fully saturated rings. The van der Waals surface area contributed by atoms with Crippen molar-refractivity contribution in [3.05, 3.63) is 0 Å². The summed E-state index contributed by atoms with van der Waals surface area (Å²) < 4.78 is -0.0937. The van der Waals surface area contributed by atoms with Crippen LogP contribution in [0, 0.1) is 11.8 Å². The Labute approximate surface area is 215 Å². The van der Waals surface area contributed by atoms with Crippen LogP contribution in [-0.4, -0.2) is 104 Å². The quantitative estimate of drug-likeness (QED) is 0.262. The first-order valence-electron chi connectivity index (χ1n) is 11.3. The third kappa shape index (κ3) is 8.22. The number of imide groups is 1. The molecule has 0 bridgehead atoms. The molecule has 33 heavy (non-hydrogen) atoms. The average molecular weight is 673 g/mol. The van der Waals surface area contributed by atoms with Crippen molar-refractivity contribution < 1.29 is 29.1 Å². The van der Waals surface area contributed by atoms with Crippen LogP contribution >= 0.6 is 11.8 Å². The Morgan fingerprint density at radius 2 is 1.85 bits per heavy atom. The molecule has 2 rings (SSSR count). The zero-order valence-electron chi connectivity index (χ0n) is 19.8. The molecule has 182 valence electrons. The molecule has 1 saturated carbocycles. The number of thioether (sulfide) groups is 1. The van der Waals surface area contributed by atoms with Crippen molar-refractivity contribution in [1.82, 2.24) is 15.1 Å². The molecule has 1 heterocycles. The van der Waals surface area contributed by atoms with Crippen molar-refractivity contribution >= 4 is 67.1 Å². The fraction of sp³-hybridized carbons (Fsp3) is 0.773. The number of amides is 4. The molecular weight excluding hydrogens is 639 g/mol. The summed E-state index contributed by atoms with van der Waals surface area (Å²) in [5.74, 6) is -1.08. The summed E-state index contributed by atoms with van der Waals surface area (Å²) in [5, 5.41) is 11.6. The fourth-order valence-electron chi connectivity index (χ4n) is 4.11. The molecule has 1 unspecified atom stereocenters. The summed E-state index contributed by atoms with van der Waals surface area (Å²) in [5.41, 5.74) is 0. The van der Waals surface area contributed by atoms with E-state index in [9.17, 15) is 24.0 Å². The molecule has 1 aliphatic carbocycles. The van der Waals surface area contributed by atoms with Crippen LogP contribution in [0.15, 0.2) is 0 Å². The first-order chi connectivity index (χ1) is 15.3. The topological polar surface area (TPSA) is 124 Å². The van der Waals surface area contributed by atoms with Crippen LogP contribution in [0.1, 0.15) is 59.3 Å². The third-order valence-electron chi connectivity index (χ3n) is 6.27. The molecular formula is C22H34N3O6STl. The van der Waals surface area contributed by atoms with Gasteiger partial charge in [0.05, 0.1) is 0 Å². The number of nitrogens with zero attached hydrogens (tertiary/aromatic N) is 2. The molecule has 4 amide bonds. The molecule has 0 aromatic carbocycles. The molecule has 0 aromatic heterocycles. The van der Waals surface area contributed by atoms with Gasteiger partial charge in [0.1, 0.15) is 6.04 Å². The molecule has 0 radical (unpaired) electrons. The number of carbonyl (C=O) groups is 5. The van der Waals surface area contributed by atoms with Gasteiger partial charge in [0, 0.05) is 19.2 Å². The number of aliphatic carboxylic acids is 1. The molecule has 9 nitrogen and oxygen atoms in total. The Balaban J connectivity index is 1.77. The van der Waals surface area contributed by atoms with E-state index in [-0.39, 0.29) is 51.4 Å². The fourth-order valence-corrected chi connectivity index (χ4v) is 5.77. The molecule has 0 spiro atoms. The number of hydrogen-bond donors (Lipinski definition) is 2. The predicted octanol–water partition coefficient (Wildman–Crippen LogP) is 0.996. The summed E-state index contributed by atoms with van der Waals surface area (Å²) in [6.45, 7) is 5.90. The maximum atomic E-state index is 12.8. The number of carbonyl (C=O) groups excluding carboxylic acids is 4. The van der Waals surface area contributed by atoms with Gasteiger partial charge in [-0.2, -0.15) is 0 Å². The van der Waals surface area contributed by atoms with Crippen LogP contribution in [0.4, 0.5) is 0 Å². The minimum absolute atomic E-state index is 0.00655. The van der Waals surface area contributed by atoms with Gasteiger partial charge >= 0.3 is 159 Å². The molecule has 2 atom stereocenters. The van der Waals surface area contributed by atoms with Crippen molar-refractivity contribution in [2.75, 3.05) is 19.3 Å². The first-order valence-corrected chi connectivity index (χ1v) is 14.6. The first kappa shape index (κ1) is 28.1. The van der Waals surface area contributed by atoms with Crippen LogP contribution in [0.2, 0.25) is 0 Å². The molecule has 1 saturated heterocycles. The van der Waals surface area contributed by atoms with E-state index >= 15 is 0 Å². The summed E-state index contributed by atoms with van der Waals surface area (Å²) in [7, 11) is 1.45. The summed E-state index contributed by atoms with van der Waals surface area (Å²) >= 11 is 1.94. The number of carboxylic acid groups (broad SMARTS) is 1. The van der Waals surface area contributed by atoms with E-state index in [0.29, 0.717) is 38.1 Å². The monoisotopic (exact) mass is 673 g/mol. The van der Waals surface area contributed by atoms with Crippen LogP contribution in [0.3, 0.4) is 0 Å². The van der Waals surface area contributed by atoms with E-state index in [1.165, 1.54) is 35.5 Å². The van der Waals surface area contributed by atoms with Crippen LogP contribution in [-0.2, 0) is 24.0 Å². The van der Waals surface area contributed by atoms with Crippen LogP contribution < -0.4 is 5.32 Å². The Morgan fingerprint density at radius 1 is 1.24 bits per heavy atom. The number of carboxylic acids is 1. The van der Waals surface area contributed by atoms with Crippen molar-refractivity contribution in [3.63, 3.8) is 0 Å². The summed E-state index contributed by atoms with van der Waals surface area (Å²) in [4.78, 5) is 63.3. The standard InChI is InChI=1S/C22H34N3O6S.Tl/c1-13(2)23-20(28)16-7-5-15(6-8-16)12-25-19(27)11-17(21(25)29)32-10-9-18(26)24(4)14(3)22(30)31;/h14-17H,5-12H2,1-4H3,(H,23,28)(H,30,31);/t14-,15?,16?,17?;/m0./s1. The van der Waals surface area contributed by atoms with E-state index in [2.05, 4.69) is 5.32 Å². The van der Waals surface area contributed by atoms with Gasteiger partial charge in [0.25, 0.3) is 0 Å². The second-order valence-electron chi connectivity index (χ2n) is 9.60. The Hall–Kier alpha value is -1.18. The van der Waals surface area contributed by atoms with Crippen LogP contribution in [0.5, 0.6) is 0 Å². The Kier molecular flexibility index (Phi) is 10.2. The van der Waals surface area contributed by atoms with Crippen molar-refractivity contribution in [1.29, 1.82) is 0 Å². The van der Waals surface area contributed by atoms with Crippen molar-refractivity contribution in [2.45, 2.75) is 73.7 Å². The van der Waals surface area contributed by atoms with Gasteiger partial charge < -0.3 is 10.0 Å². The van der Waals surface area contributed by atoms with E-state index in [1.54, 1.807) is 0 Å². The van der Waals surface area contributed by atoms with Gasteiger partial charge in [-0.25, -0.2) is 4.79 Å². The number of hydrogen-bond acceptors (Lipinski definition) is 6. The zero-order chi connectivity index (χ0) is 24.9.